The zero-order chi connectivity index (χ0) is 16.3. The number of halogens is 1. The van der Waals surface area contributed by atoms with Gasteiger partial charge in [-0.3, -0.25) is 0 Å². The van der Waals surface area contributed by atoms with Gasteiger partial charge < -0.3 is 5.32 Å². The molecule has 2 rings (SSSR count). The van der Waals surface area contributed by atoms with Gasteiger partial charge in [-0.15, -0.1) is 0 Å². The molecule has 124 valence electrons. The van der Waals surface area contributed by atoms with E-state index in [1.807, 2.05) is 13.0 Å². The first-order chi connectivity index (χ1) is 10.3. The molecule has 1 N–H and O–H groups in total. The van der Waals surface area contributed by atoms with Gasteiger partial charge in [-0.2, -0.15) is 0 Å². The number of nitrogens with zero attached hydrogens (tertiary/aromatic N) is 1. The third-order valence-corrected chi connectivity index (χ3v) is 5.80. The van der Waals surface area contributed by atoms with Crippen LogP contribution in [0.4, 0.5) is 4.39 Å². The molecule has 1 aromatic rings. The van der Waals surface area contributed by atoms with Gasteiger partial charge in [0.1, 0.15) is 5.82 Å². The van der Waals surface area contributed by atoms with Crippen LogP contribution in [0.5, 0.6) is 0 Å². The lowest BCUT2D eigenvalue weighted by Gasteiger charge is -2.38. The quantitative estimate of drug-likeness (QED) is 0.904. The highest BCUT2D eigenvalue weighted by atomic mass is 32.2. The lowest BCUT2D eigenvalue weighted by molar-refractivity contribution is 0.192. The van der Waals surface area contributed by atoms with Gasteiger partial charge in [0.15, 0.2) is 0 Å². The third kappa shape index (κ3) is 4.06. The molecule has 1 fully saturated rings. The Hall–Kier alpha value is -0.980. The van der Waals surface area contributed by atoms with E-state index in [2.05, 4.69) is 12.2 Å². The zero-order valence-corrected chi connectivity index (χ0v) is 14.2. The minimum Gasteiger partial charge on any atom is -0.307 e. The fourth-order valence-electron chi connectivity index (χ4n) is 3.17. The first kappa shape index (κ1) is 17.4. The molecule has 0 radical (unpaired) electrons. The maximum Gasteiger partial charge on any atom is 0.211 e. The van der Waals surface area contributed by atoms with E-state index in [0.717, 1.165) is 12.8 Å². The summed E-state index contributed by atoms with van der Waals surface area (Å²) < 4.78 is 38.8. The normalized spacial score (nSPS) is 25.1. The average Bonchev–Trinajstić information content (AvgIpc) is 2.46. The molecule has 0 bridgehead atoms. The second kappa shape index (κ2) is 7.06. The van der Waals surface area contributed by atoms with Gasteiger partial charge in [-0.25, -0.2) is 17.1 Å². The van der Waals surface area contributed by atoms with Crippen LogP contribution in [0.3, 0.4) is 0 Å². The number of rotatable bonds is 5. The summed E-state index contributed by atoms with van der Waals surface area (Å²) in [6.07, 6.45) is 2.91. The van der Waals surface area contributed by atoms with Crippen LogP contribution in [0.25, 0.3) is 0 Å². The predicted molar refractivity (Wildman–Crippen MR) is 86.6 cm³/mol. The molecule has 0 amide bonds. The van der Waals surface area contributed by atoms with Crippen molar-refractivity contribution in [3.63, 3.8) is 0 Å². The van der Waals surface area contributed by atoms with Crippen LogP contribution in [0.1, 0.15) is 38.3 Å². The van der Waals surface area contributed by atoms with E-state index >= 15 is 0 Å². The number of hydrogen-bond donors (Lipinski definition) is 1. The van der Waals surface area contributed by atoms with Crippen molar-refractivity contribution < 1.29 is 12.8 Å². The number of hydrogen-bond acceptors (Lipinski definition) is 3. The summed E-state index contributed by atoms with van der Waals surface area (Å²) in [6, 6.07) is 6.89. The highest BCUT2D eigenvalue weighted by Gasteiger charge is 2.32. The molecular formula is C16H25FN2O2S. The Kier molecular flexibility index (Phi) is 5.58. The molecule has 1 heterocycles. The first-order valence-corrected chi connectivity index (χ1v) is 9.63. The summed E-state index contributed by atoms with van der Waals surface area (Å²) in [5.74, 6) is 0.0434. The number of sulfonamides is 1. The van der Waals surface area contributed by atoms with E-state index in [1.54, 1.807) is 16.4 Å². The zero-order valence-electron chi connectivity index (χ0n) is 13.4. The van der Waals surface area contributed by atoms with Crippen LogP contribution in [0.15, 0.2) is 24.3 Å². The number of piperidine rings is 1. The molecule has 6 heteroatoms. The summed E-state index contributed by atoms with van der Waals surface area (Å²) in [4.78, 5) is 0. The Morgan fingerprint density at radius 3 is 2.68 bits per heavy atom. The smallest absolute Gasteiger partial charge is 0.211 e. The molecule has 0 saturated carbocycles. The molecule has 1 aromatic carbocycles. The van der Waals surface area contributed by atoms with E-state index in [-0.39, 0.29) is 23.8 Å². The first-order valence-electron chi connectivity index (χ1n) is 7.78. The third-order valence-electron chi connectivity index (χ3n) is 4.53. The second-order valence-electron chi connectivity index (χ2n) is 6.09. The Bertz CT molecular complexity index is 606. The standard InChI is InChI=1S/C16H25FN2O2S/c1-4-13-11-19(22(3,20)21)10-9-16(13)18-12(2)14-7-5-6-8-15(14)17/h5-8,12-13,16,18H,4,9-11H2,1-3H3. The summed E-state index contributed by atoms with van der Waals surface area (Å²) in [7, 11) is -3.13. The van der Waals surface area contributed by atoms with Crippen LogP contribution in [-0.4, -0.2) is 38.1 Å². The van der Waals surface area contributed by atoms with Crippen molar-refractivity contribution in [3.05, 3.63) is 35.6 Å². The predicted octanol–water partition coefficient (Wildman–Crippen LogP) is 2.54. The van der Waals surface area contributed by atoms with Crippen molar-refractivity contribution in [3.8, 4) is 0 Å². The average molecular weight is 328 g/mol. The number of nitrogens with one attached hydrogen (secondary N) is 1. The molecule has 22 heavy (non-hydrogen) atoms. The van der Waals surface area contributed by atoms with Crippen molar-refractivity contribution >= 4 is 10.0 Å². The molecule has 0 aliphatic carbocycles. The fourth-order valence-corrected chi connectivity index (χ4v) is 4.07. The van der Waals surface area contributed by atoms with Crippen molar-refractivity contribution in [1.82, 2.24) is 9.62 Å². The lowest BCUT2D eigenvalue weighted by atomic mass is 9.90. The van der Waals surface area contributed by atoms with Gasteiger partial charge in [0.25, 0.3) is 0 Å². The van der Waals surface area contributed by atoms with Crippen LogP contribution >= 0.6 is 0 Å². The van der Waals surface area contributed by atoms with Gasteiger partial charge in [-0.05, 0) is 25.3 Å². The topological polar surface area (TPSA) is 49.4 Å². The van der Waals surface area contributed by atoms with Gasteiger partial charge in [0.05, 0.1) is 6.26 Å². The van der Waals surface area contributed by atoms with Crippen molar-refractivity contribution in [1.29, 1.82) is 0 Å². The Labute approximate surface area is 132 Å². The van der Waals surface area contributed by atoms with Crippen molar-refractivity contribution in [2.45, 2.75) is 38.8 Å². The SMILES string of the molecule is CCC1CN(S(C)(=O)=O)CCC1NC(C)c1ccccc1F. The molecule has 0 spiro atoms. The second-order valence-corrected chi connectivity index (χ2v) is 8.08. The van der Waals surface area contributed by atoms with Crippen molar-refractivity contribution in [2.75, 3.05) is 19.3 Å². The highest BCUT2D eigenvalue weighted by molar-refractivity contribution is 7.88. The van der Waals surface area contributed by atoms with E-state index in [9.17, 15) is 12.8 Å². The van der Waals surface area contributed by atoms with Gasteiger partial charge >= 0.3 is 0 Å². The maximum absolute atomic E-state index is 13.9. The van der Waals surface area contributed by atoms with E-state index in [0.29, 0.717) is 18.7 Å². The van der Waals surface area contributed by atoms with Crippen LogP contribution in [-0.2, 0) is 10.0 Å². The van der Waals surface area contributed by atoms with Gasteiger partial charge in [0, 0.05) is 30.7 Å². The summed E-state index contributed by atoms with van der Waals surface area (Å²) >= 11 is 0. The Morgan fingerprint density at radius 2 is 2.09 bits per heavy atom. The summed E-state index contributed by atoms with van der Waals surface area (Å²) in [5.41, 5.74) is 0.655. The lowest BCUT2D eigenvalue weighted by Crippen LogP contribution is -2.51. The molecule has 4 nitrogen and oxygen atoms in total. The van der Waals surface area contributed by atoms with Crippen LogP contribution in [0, 0.1) is 11.7 Å². The van der Waals surface area contributed by atoms with Crippen LogP contribution in [0.2, 0.25) is 0 Å². The summed E-state index contributed by atoms with van der Waals surface area (Å²) in [5, 5.41) is 3.49. The monoisotopic (exact) mass is 328 g/mol. The minimum atomic E-state index is -3.13. The molecule has 3 atom stereocenters. The molecule has 1 aliphatic rings. The number of benzene rings is 1. The Balaban J connectivity index is 2.05. The molecular weight excluding hydrogens is 303 g/mol. The molecule has 1 saturated heterocycles. The van der Waals surface area contributed by atoms with E-state index < -0.39 is 10.0 Å². The van der Waals surface area contributed by atoms with Gasteiger partial charge in [0.2, 0.25) is 10.0 Å². The fraction of sp³-hybridized carbons (Fsp3) is 0.625. The highest BCUT2D eigenvalue weighted by Crippen LogP contribution is 2.25. The maximum atomic E-state index is 13.9. The molecule has 3 unspecified atom stereocenters. The minimum absolute atomic E-state index is 0.0926. The largest absolute Gasteiger partial charge is 0.307 e. The van der Waals surface area contributed by atoms with E-state index in [4.69, 9.17) is 0 Å². The van der Waals surface area contributed by atoms with E-state index in [1.165, 1.54) is 12.3 Å². The van der Waals surface area contributed by atoms with Gasteiger partial charge in [-0.1, -0.05) is 31.5 Å². The van der Waals surface area contributed by atoms with Crippen molar-refractivity contribution in [2.24, 2.45) is 5.92 Å². The van der Waals surface area contributed by atoms with Crippen LogP contribution < -0.4 is 5.32 Å². The molecule has 1 aliphatic heterocycles. The Morgan fingerprint density at radius 1 is 1.41 bits per heavy atom. The summed E-state index contributed by atoms with van der Waals surface area (Å²) in [6.45, 7) is 5.08. The molecule has 0 aromatic heterocycles.